The summed E-state index contributed by atoms with van der Waals surface area (Å²) in [5.41, 5.74) is 11.7. The molecule has 0 spiro atoms. The molecule has 0 saturated carbocycles. The third-order valence-corrected chi connectivity index (χ3v) is 7.97. The standard InChI is InChI=1S/C41H27N3O/c1-4-12-28(13-5-1)29-20-22-30(23-21-29)37-27-38(43-40(42-37)31-14-6-2-7-15-31)35-19-11-10-18-34(35)33-24-25-36-39(26-33)45-41(44-36)32-16-8-3-9-17-32/h1-27H. The lowest BCUT2D eigenvalue weighted by Crippen LogP contribution is -1.97. The Hall–Kier alpha value is -6.13. The molecule has 0 radical (unpaired) electrons. The molecule has 0 saturated heterocycles. The summed E-state index contributed by atoms with van der Waals surface area (Å²) >= 11 is 0. The van der Waals surface area contributed by atoms with E-state index < -0.39 is 0 Å². The van der Waals surface area contributed by atoms with E-state index in [9.17, 15) is 0 Å². The minimum Gasteiger partial charge on any atom is -0.436 e. The molecule has 8 aromatic rings. The Bertz CT molecular complexity index is 2240. The molecule has 0 amide bonds. The number of oxazole rings is 1. The molecule has 0 aliphatic rings. The van der Waals surface area contributed by atoms with Gasteiger partial charge in [0, 0.05) is 22.3 Å². The van der Waals surface area contributed by atoms with Gasteiger partial charge in [-0.05, 0) is 52.6 Å². The fraction of sp³-hybridized carbons (Fsp3) is 0. The molecule has 2 heterocycles. The summed E-state index contributed by atoms with van der Waals surface area (Å²) < 4.78 is 6.22. The summed E-state index contributed by atoms with van der Waals surface area (Å²) in [6.45, 7) is 0. The molecule has 0 atom stereocenters. The summed E-state index contributed by atoms with van der Waals surface area (Å²) in [6, 6.07) is 55.7. The van der Waals surface area contributed by atoms with Crippen molar-refractivity contribution >= 4 is 11.1 Å². The summed E-state index contributed by atoms with van der Waals surface area (Å²) in [4.78, 5) is 14.9. The van der Waals surface area contributed by atoms with Crippen molar-refractivity contribution in [3.8, 4) is 67.6 Å². The zero-order valence-electron chi connectivity index (χ0n) is 24.3. The van der Waals surface area contributed by atoms with E-state index in [1.54, 1.807) is 0 Å². The Kier molecular flexibility index (Phi) is 6.78. The molecule has 0 bridgehead atoms. The SMILES string of the molecule is c1ccc(-c2ccc(-c3cc(-c4ccccc4-c4ccc5nc(-c6ccccc6)oc5c4)nc(-c4ccccc4)n3)cc2)cc1. The van der Waals surface area contributed by atoms with Crippen molar-refractivity contribution in [2.24, 2.45) is 0 Å². The molecule has 4 nitrogen and oxygen atoms in total. The van der Waals surface area contributed by atoms with E-state index in [1.807, 2.05) is 60.7 Å². The molecule has 2 aromatic heterocycles. The third-order valence-electron chi connectivity index (χ3n) is 7.97. The number of nitrogens with zero attached hydrogens (tertiary/aromatic N) is 3. The topological polar surface area (TPSA) is 51.8 Å². The average molecular weight is 578 g/mol. The van der Waals surface area contributed by atoms with E-state index >= 15 is 0 Å². The van der Waals surface area contributed by atoms with E-state index in [-0.39, 0.29) is 0 Å². The first-order chi connectivity index (χ1) is 22.3. The predicted octanol–water partition coefficient (Wildman–Crippen LogP) is 10.6. The van der Waals surface area contributed by atoms with Crippen LogP contribution < -0.4 is 0 Å². The maximum atomic E-state index is 6.22. The molecule has 0 fully saturated rings. The second-order valence-corrected chi connectivity index (χ2v) is 10.9. The lowest BCUT2D eigenvalue weighted by atomic mass is 9.96. The number of fused-ring (bicyclic) bond motifs is 1. The van der Waals surface area contributed by atoms with Crippen molar-refractivity contribution in [3.63, 3.8) is 0 Å². The molecule has 8 rings (SSSR count). The van der Waals surface area contributed by atoms with E-state index in [0.29, 0.717) is 11.7 Å². The average Bonchev–Trinajstić information content (AvgIpc) is 3.56. The van der Waals surface area contributed by atoms with Crippen LogP contribution in [0.3, 0.4) is 0 Å². The molecule has 45 heavy (non-hydrogen) atoms. The Balaban J connectivity index is 1.24. The van der Waals surface area contributed by atoms with Crippen LogP contribution in [0.15, 0.2) is 168 Å². The molecule has 6 aromatic carbocycles. The van der Waals surface area contributed by atoms with Gasteiger partial charge in [-0.1, -0.05) is 133 Å². The van der Waals surface area contributed by atoms with Gasteiger partial charge in [0.25, 0.3) is 0 Å². The second kappa shape index (κ2) is 11.5. The van der Waals surface area contributed by atoms with Crippen molar-refractivity contribution in [3.05, 3.63) is 164 Å². The van der Waals surface area contributed by atoms with Crippen LogP contribution in [-0.2, 0) is 0 Å². The summed E-state index contributed by atoms with van der Waals surface area (Å²) in [7, 11) is 0. The smallest absolute Gasteiger partial charge is 0.227 e. The predicted molar refractivity (Wildman–Crippen MR) is 182 cm³/mol. The minimum atomic E-state index is 0.613. The van der Waals surface area contributed by atoms with Crippen LogP contribution in [0.4, 0.5) is 0 Å². The van der Waals surface area contributed by atoms with E-state index in [1.165, 1.54) is 11.1 Å². The molecular weight excluding hydrogens is 550 g/mol. The van der Waals surface area contributed by atoms with Crippen LogP contribution in [0.2, 0.25) is 0 Å². The molecule has 4 heteroatoms. The zero-order chi connectivity index (χ0) is 30.0. The van der Waals surface area contributed by atoms with Crippen LogP contribution in [0.5, 0.6) is 0 Å². The van der Waals surface area contributed by atoms with Crippen molar-refractivity contribution in [2.45, 2.75) is 0 Å². The summed E-state index contributed by atoms with van der Waals surface area (Å²) in [5, 5.41) is 0. The zero-order valence-corrected chi connectivity index (χ0v) is 24.3. The van der Waals surface area contributed by atoms with Gasteiger partial charge in [0.15, 0.2) is 11.4 Å². The Morgan fingerprint density at radius 2 is 0.889 bits per heavy atom. The number of rotatable bonds is 6. The maximum absolute atomic E-state index is 6.22. The number of aromatic nitrogens is 3. The van der Waals surface area contributed by atoms with Gasteiger partial charge in [0.2, 0.25) is 5.89 Å². The Morgan fingerprint density at radius 1 is 0.356 bits per heavy atom. The highest BCUT2D eigenvalue weighted by Gasteiger charge is 2.16. The van der Waals surface area contributed by atoms with Crippen LogP contribution in [0, 0.1) is 0 Å². The molecule has 212 valence electrons. The number of benzene rings is 6. The highest BCUT2D eigenvalue weighted by atomic mass is 16.3. The van der Waals surface area contributed by atoms with Gasteiger partial charge >= 0.3 is 0 Å². The van der Waals surface area contributed by atoms with Gasteiger partial charge < -0.3 is 4.42 Å². The monoisotopic (exact) mass is 577 g/mol. The largest absolute Gasteiger partial charge is 0.436 e. The van der Waals surface area contributed by atoms with Crippen LogP contribution in [0.25, 0.3) is 78.7 Å². The van der Waals surface area contributed by atoms with E-state index in [0.717, 1.165) is 55.9 Å². The van der Waals surface area contributed by atoms with E-state index in [4.69, 9.17) is 19.4 Å². The quantitative estimate of drug-likeness (QED) is 0.197. The first-order valence-corrected chi connectivity index (χ1v) is 14.9. The van der Waals surface area contributed by atoms with Crippen molar-refractivity contribution in [1.82, 2.24) is 15.0 Å². The second-order valence-electron chi connectivity index (χ2n) is 10.9. The lowest BCUT2D eigenvalue weighted by molar-refractivity contribution is 0.620. The van der Waals surface area contributed by atoms with Gasteiger partial charge in [-0.2, -0.15) is 0 Å². The van der Waals surface area contributed by atoms with Crippen LogP contribution in [0.1, 0.15) is 0 Å². The molecule has 0 aliphatic heterocycles. The van der Waals surface area contributed by atoms with Crippen molar-refractivity contribution in [2.75, 3.05) is 0 Å². The highest BCUT2D eigenvalue weighted by molar-refractivity contribution is 5.89. The lowest BCUT2D eigenvalue weighted by Gasteiger charge is -2.13. The summed E-state index contributed by atoms with van der Waals surface area (Å²) in [6.07, 6.45) is 0. The third kappa shape index (κ3) is 5.30. The first-order valence-electron chi connectivity index (χ1n) is 14.9. The van der Waals surface area contributed by atoms with E-state index in [2.05, 4.69) is 103 Å². The Morgan fingerprint density at radius 3 is 1.60 bits per heavy atom. The first kappa shape index (κ1) is 26.5. The van der Waals surface area contributed by atoms with Crippen LogP contribution in [-0.4, -0.2) is 15.0 Å². The van der Waals surface area contributed by atoms with Gasteiger partial charge in [-0.15, -0.1) is 0 Å². The minimum absolute atomic E-state index is 0.613. The number of hydrogen-bond acceptors (Lipinski definition) is 4. The van der Waals surface area contributed by atoms with Gasteiger partial charge in [0.05, 0.1) is 11.4 Å². The maximum Gasteiger partial charge on any atom is 0.227 e. The van der Waals surface area contributed by atoms with Crippen molar-refractivity contribution in [1.29, 1.82) is 0 Å². The highest BCUT2D eigenvalue weighted by Crippen LogP contribution is 2.36. The number of hydrogen-bond donors (Lipinski definition) is 0. The Labute approximate surface area is 261 Å². The molecular formula is C41H27N3O. The van der Waals surface area contributed by atoms with Crippen LogP contribution >= 0.6 is 0 Å². The van der Waals surface area contributed by atoms with Gasteiger partial charge in [-0.25, -0.2) is 15.0 Å². The molecule has 0 N–H and O–H groups in total. The summed E-state index contributed by atoms with van der Waals surface area (Å²) in [5.74, 6) is 1.30. The van der Waals surface area contributed by atoms with Crippen molar-refractivity contribution < 1.29 is 4.42 Å². The van der Waals surface area contributed by atoms with Gasteiger partial charge in [0.1, 0.15) is 5.52 Å². The van der Waals surface area contributed by atoms with Gasteiger partial charge in [-0.3, -0.25) is 0 Å². The normalized spacial score (nSPS) is 11.1. The molecule has 0 aliphatic carbocycles. The molecule has 0 unspecified atom stereocenters. The fourth-order valence-electron chi connectivity index (χ4n) is 5.67. The fourth-order valence-corrected chi connectivity index (χ4v) is 5.67.